The fourth-order valence-electron chi connectivity index (χ4n) is 0.778. The third kappa shape index (κ3) is 1.25. The number of nitrogens with zero attached hydrogens (tertiary/aromatic N) is 3. The van der Waals surface area contributed by atoms with Crippen LogP contribution in [0.1, 0.15) is 0 Å². The molecule has 54 valence electrons. The van der Waals surface area contributed by atoms with Crippen LogP contribution in [0, 0.1) is 0 Å². The van der Waals surface area contributed by atoms with Gasteiger partial charge < -0.3 is 0 Å². The number of rotatable bonds is 1. The molecular formula is C7H5N3S. The Hall–Kier alpha value is -1.29. The second-order valence-corrected chi connectivity index (χ2v) is 2.57. The highest BCUT2D eigenvalue weighted by Crippen LogP contribution is 2.10. The van der Waals surface area contributed by atoms with Crippen molar-refractivity contribution in [1.29, 1.82) is 0 Å². The minimum absolute atomic E-state index is 0.704. The first-order chi connectivity index (χ1) is 5.47. The van der Waals surface area contributed by atoms with E-state index in [1.807, 2.05) is 18.2 Å². The summed E-state index contributed by atoms with van der Waals surface area (Å²) in [4.78, 5) is 8.13. The minimum atomic E-state index is 0.704. The van der Waals surface area contributed by atoms with E-state index in [2.05, 4.69) is 14.3 Å². The maximum absolute atomic E-state index is 4.10. The van der Waals surface area contributed by atoms with Gasteiger partial charge in [-0.05, 0) is 23.7 Å². The monoisotopic (exact) mass is 163 g/mol. The Morgan fingerprint density at radius 2 is 2.18 bits per heavy atom. The molecule has 0 aromatic carbocycles. The topological polar surface area (TPSA) is 38.7 Å². The lowest BCUT2D eigenvalue weighted by molar-refractivity contribution is 1.23. The van der Waals surface area contributed by atoms with Crippen LogP contribution in [0.5, 0.6) is 0 Å². The molecule has 0 aliphatic heterocycles. The molecule has 0 saturated carbocycles. The van der Waals surface area contributed by atoms with Crippen LogP contribution in [-0.4, -0.2) is 14.3 Å². The van der Waals surface area contributed by atoms with Crippen LogP contribution in [-0.2, 0) is 0 Å². The first-order valence-corrected chi connectivity index (χ1v) is 3.98. The van der Waals surface area contributed by atoms with Gasteiger partial charge in [0.1, 0.15) is 11.2 Å². The summed E-state index contributed by atoms with van der Waals surface area (Å²) in [6.07, 6.45) is 1.73. The van der Waals surface area contributed by atoms with E-state index in [0.717, 1.165) is 5.69 Å². The molecule has 0 aliphatic rings. The molecule has 0 aliphatic carbocycles. The van der Waals surface area contributed by atoms with Crippen LogP contribution >= 0.6 is 11.5 Å². The van der Waals surface area contributed by atoms with E-state index < -0.39 is 0 Å². The molecule has 2 aromatic heterocycles. The summed E-state index contributed by atoms with van der Waals surface area (Å²) in [5.41, 5.74) is 2.53. The third-order valence-corrected chi connectivity index (χ3v) is 1.73. The average molecular weight is 163 g/mol. The maximum atomic E-state index is 4.10. The molecule has 0 saturated heterocycles. The van der Waals surface area contributed by atoms with Crippen molar-refractivity contribution in [3.63, 3.8) is 0 Å². The molecule has 0 radical (unpaired) electrons. The Labute approximate surface area is 67.9 Å². The highest BCUT2D eigenvalue weighted by atomic mass is 32.1. The first-order valence-electron chi connectivity index (χ1n) is 3.14. The minimum Gasteiger partial charge on any atom is -0.253 e. The molecule has 11 heavy (non-hydrogen) atoms. The van der Waals surface area contributed by atoms with Crippen LogP contribution < -0.4 is 0 Å². The number of hydrogen-bond donors (Lipinski definition) is 0. The van der Waals surface area contributed by atoms with Gasteiger partial charge in [-0.15, -0.1) is 0 Å². The number of pyridine rings is 1. The van der Waals surface area contributed by atoms with Crippen molar-refractivity contribution in [1.82, 2.24) is 14.3 Å². The van der Waals surface area contributed by atoms with Gasteiger partial charge in [0.15, 0.2) is 5.82 Å². The lowest BCUT2D eigenvalue weighted by atomic mass is 10.3. The molecule has 0 fully saturated rings. The molecular weight excluding hydrogens is 158 g/mol. The van der Waals surface area contributed by atoms with Crippen molar-refractivity contribution in [3.05, 3.63) is 29.9 Å². The first kappa shape index (κ1) is 6.42. The maximum Gasteiger partial charge on any atom is 0.191 e. The summed E-state index contributed by atoms with van der Waals surface area (Å²) >= 11 is 1.33. The summed E-state index contributed by atoms with van der Waals surface area (Å²) in [7, 11) is 0. The molecule has 3 nitrogen and oxygen atoms in total. The van der Waals surface area contributed by atoms with E-state index in [1.165, 1.54) is 11.5 Å². The summed E-state index contributed by atoms with van der Waals surface area (Å²) in [6.45, 7) is 0. The second-order valence-electron chi connectivity index (χ2n) is 1.97. The van der Waals surface area contributed by atoms with Crippen LogP contribution in [0.2, 0.25) is 0 Å². The van der Waals surface area contributed by atoms with Gasteiger partial charge in [-0.1, -0.05) is 6.07 Å². The zero-order chi connectivity index (χ0) is 7.52. The van der Waals surface area contributed by atoms with Crippen LogP contribution in [0.3, 0.4) is 0 Å². The number of aromatic nitrogens is 3. The zero-order valence-electron chi connectivity index (χ0n) is 5.64. The smallest absolute Gasteiger partial charge is 0.191 e. The van der Waals surface area contributed by atoms with Gasteiger partial charge in [0.25, 0.3) is 0 Å². The van der Waals surface area contributed by atoms with Gasteiger partial charge in [0, 0.05) is 6.20 Å². The average Bonchev–Trinajstić information content (AvgIpc) is 2.58. The van der Waals surface area contributed by atoms with Crippen molar-refractivity contribution in [2.24, 2.45) is 0 Å². The molecule has 0 atom stereocenters. The van der Waals surface area contributed by atoms with Gasteiger partial charge in [-0.2, -0.15) is 4.37 Å². The van der Waals surface area contributed by atoms with E-state index in [1.54, 1.807) is 11.7 Å². The SMILES string of the molecule is c1ccc(-c2ncsn2)nc1. The normalized spacial score (nSPS) is 9.82. The van der Waals surface area contributed by atoms with E-state index in [9.17, 15) is 0 Å². The van der Waals surface area contributed by atoms with Crippen molar-refractivity contribution < 1.29 is 0 Å². The molecule has 0 N–H and O–H groups in total. The van der Waals surface area contributed by atoms with Gasteiger partial charge in [-0.25, -0.2) is 4.98 Å². The highest BCUT2D eigenvalue weighted by molar-refractivity contribution is 7.03. The molecule has 0 amide bonds. The predicted octanol–water partition coefficient (Wildman–Crippen LogP) is 1.60. The van der Waals surface area contributed by atoms with Crippen molar-refractivity contribution in [3.8, 4) is 11.5 Å². The van der Waals surface area contributed by atoms with Crippen molar-refractivity contribution in [2.45, 2.75) is 0 Å². The Bertz CT molecular complexity index is 317. The van der Waals surface area contributed by atoms with Crippen LogP contribution in [0.15, 0.2) is 29.9 Å². The zero-order valence-corrected chi connectivity index (χ0v) is 6.45. The van der Waals surface area contributed by atoms with E-state index in [-0.39, 0.29) is 0 Å². The van der Waals surface area contributed by atoms with E-state index in [4.69, 9.17) is 0 Å². The summed E-state index contributed by atoms with van der Waals surface area (Å²) in [5.74, 6) is 0.704. The van der Waals surface area contributed by atoms with Gasteiger partial charge >= 0.3 is 0 Å². The van der Waals surface area contributed by atoms with Crippen molar-refractivity contribution in [2.75, 3.05) is 0 Å². The number of hydrogen-bond acceptors (Lipinski definition) is 4. The van der Waals surface area contributed by atoms with Gasteiger partial charge in [-0.3, -0.25) is 4.98 Å². The molecule has 0 bridgehead atoms. The summed E-state index contributed by atoms with van der Waals surface area (Å²) < 4.78 is 4.05. The molecule has 0 spiro atoms. The van der Waals surface area contributed by atoms with E-state index >= 15 is 0 Å². The largest absolute Gasteiger partial charge is 0.253 e. The summed E-state index contributed by atoms with van der Waals surface area (Å²) in [6, 6.07) is 5.68. The summed E-state index contributed by atoms with van der Waals surface area (Å²) in [5, 5.41) is 0. The highest BCUT2D eigenvalue weighted by Gasteiger charge is 1.99. The Kier molecular flexibility index (Phi) is 1.61. The Morgan fingerprint density at radius 1 is 1.18 bits per heavy atom. The van der Waals surface area contributed by atoms with E-state index in [0.29, 0.717) is 5.82 Å². The molecule has 2 heterocycles. The molecule has 4 heteroatoms. The molecule has 2 aromatic rings. The fraction of sp³-hybridized carbons (Fsp3) is 0. The lowest BCUT2D eigenvalue weighted by Gasteiger charge is -1.89. The van der Waals surface area contributed by atoms with Crippen LogP contribution in [0.25, 0.3) is 11.5 Å². The Balaban J connectivity index is 2.46. The van der Waals surface area contributed by atoms with Gasteiger partial charge in [0.05, 0.1) is 0 Å². The molecule has 2 rings (SSSR count). The third-order valence-electron chi connectivity index (χ3n) is 1.26. The predicted molar refractivity (Wildman–Crippen MR) is 43.1 cm³/mol. The quantitative estimate of drug-likeness (QED) is 0.641. The fourth-order valence-corrected chi connectivity index (χ4v) is 1.21. The van der Waals surface area contributed by atoms with Gasteiger partial charge in [0.2, 0.25) is 0 Å². The second kappa shape index (κ2) is 2.75. The Morgan fingerprint density at radius 3 is 2.82 bits per heavy atom. The van der Waals surface area contributed by atoms with Crippen molar-refractivity contribution >= 4 is 11.5 Å². The molecule has 0 unspecified atom stereocenters. The van der Waals surface area contributed by atoms with Crippen LogP contribution in [0.4, 0.5) is 0 Å². The standard InChI is InChI=1S/C7H5N3S/c1-2-4-8-6(3-1)7-9-5-11-10-7/h1-5H. The lowest BCUT2D eigenvalue weighted by Crippen LogP contribution is -1.82.